The number of hydrogen-bond acceptors (Lipinski definition) is 1. The van der Waals surface area contributed by atoms with Crippen molar-refractivity contribution < 1.29 is 49.9 Å². The summed E-state index contributed by atoms with van der Waals surface area (Å²) in [4.78, 5) is 3.25. The normalized spacial score (nSPS) is 9.00. The molecule has 3 aromatic rings. The van der Waals surface area contributed by atoms with Gasteiger partial charge in [-0.15, -0.1) is 0 Å². The van der Waals surface area contributed by atoms with Crippen molar-refractivity contribution in [2.75, 3.05) is 0 Å². The van der Waals surface area contributed by atoms with Crippen LogP contribution < -0.4 is 24.8 Å². The summed E-state index contributed by atoms with van der Waals surface area (Å²) >= 11 is 1.75. The molecular weight excluding hydrogens is 423 g/mol. The van der Waals surface area contributed by atoms with E-state index < -0.39 is 0 Å². The summed E-state index contributed by atoms with van der Waals surface area (Å²) in [5.74, 6) is 0.360. The molecule has 0 bridgehead atoms. The molecule has 4 heteroatoms. The molecule has 0 fully saturated rings. The van der Waals surface area contributed by atoms with Gasteiger partial charge < -0.3 is 29.9 Å². The summed E-state index contributed by atoms with van der Waals surface area (Å²) in [6, 6.07) is 16.1. The van der Waals surface area contributed by atoms with E-state index >= 15 is 0 Å². The summed E-state index contributed by atoms with van der Waals surface area (Å²) in [6.45, 7) is 12.7. The Bertz CT molecular complexity index is 809. The average molecular weight is 452 g/mol. The van der Waals surface area contributed by atoms with Crippen LogP contribution in [0.25, 0.3) is 11.1 Å². The van der Waals surface area contributed by atoms with E-state index in [4.69, 9.17) is 0 Å². The van der Waals surface area contributed by atoms with Crippen molar-refractivity contribution in [1.29, 1.82) is 0 Å². The van der Waals surface area contributed by atoms with Crippen molar-refractivity contribution in [1.82, 2.24) is 0 Å². The third kappa shape index (κ3) is 7.64. The summed E-state index contributed by atoms with van der Waals surface area (Å²) in [5.41, 5.74) is 9.94. The van der Waals surface area contributed by atoms with Crippen molar-refractivity contribution in [3.8, 4) is 16.9 Å². The fourth-order valence-corrected chi connectivity index (χ4v) is 3.06. The molecule has 0 saturated heterocycles. The van der Waals surface area contributed by atoms with Crippen LogP contribution in [0, 0.1) is 41.5 Å². The Labute approximate surface area is 194 Å². The minimum Gasteiger partial charge on any atom is -1.00 e. The quantitative estimate of drug-likeness (QED) is 0.416. The molecule has 0 aliphatic heterocycles. The van der Waals surface area contributed by atoms with Crippen LogP contribution in [-0.2, 0) is 20.0 Å². The van der Waals surface area contributed by atoms with Crippen LogP contribution in [0.15, 0.2) is 48.5 Å². The van der Waals surface area contributed by atoms with Crippen LogP contribution in [0.1, 0.15) is 33.4 Å². The van der Waals surface area contributed by atoms with Gasteiger partial charge in [-0.2, -0.15) is 28.3 Å². The number of aromatic hydroxyl groups is 1. The van der Waals surface area contributed by atoms with Gasteiger partial charge in [0.25, 0.3) is 0 Å². The molecule has 1 nitrogen and oxygen atoms in total. The van der Waals surface area contributed by atoms with E-state index in [2.05, 4.69) is 44.6 Å². The number of rotatable bonds is 1. The van der Waals surface area contributed by atoms with Gasteiger partial charge in [0.15, 0.2) is 0 Å². The van der Waals surface area contributed by atoms with E-state index in [0.29, 0.717) is 5.75 Å². The van der Waals surface area contributed by atoms with Crippen molar-refractivity contribution in [3.05, 3.63) is 81.9 Å². The maximum Gasteiger partial charge on any atom is -1.00 e. The van der Waals surface area contributed by atoms with Crippen molar-refractivity contribution >= 4 is 4.82 Å². The molecule has 0 atom stereocenters. The van der Waals surface area contributed by atoms with Gasteiger partial charge in [-0.1, -0.05) is 64.1 Å². The second-order valence-corrected chi connectivity index (χ2v) is 6.60. The molecule has 0 spiro atoms. The molecule has 0 amide bonds. The predicted octanol–water partition coefficient (Wildman–Crippen LogP) is 0.288. The Kier molecular flexibility index (Phi) is 14.3. The molecule has 3 rings (SSSR count). The number of phenols is 1. The van der Waals surface area contributed by atoms with Crippen molar-refractivity contribution in [3.63, 3.8) is 0 Å². The number of benzene rings is 2. The predicted molar refractivity (Wildman–Crippen MR) is 111 cm³/mol. The monoisotopic (exact) mass is 451 g/mol. The maximum atomic E-state index is 9.93. The molecule has 3 aromatic carbocycles. The number of aryl methyl sites for hydroxylation is 4. The standard InChI is InChI=1S/C14H14O.C9H13.CH2.2ClH.Ti/c1-10-8-11(2)14(13(15)9-10)12-6-4-3-5-7-12;1-6-5-7(2)9(4)8(6)3;;;;/h3-9,15H,1-2H3;5H,1-4H3;1H2;2*1H;/q;-1;;;;+2/p-2. The second-order valence-electron chi connectivity index (χ2n) is 6.60. The van der Waals surface area contributed by atoms with Gasteiger partial charge in [-0.25, -0.2) is 0 Å². The smallest absolute Gasteiger partial charge is 1.00 e. The Morgan fingerprint density at radius 2 is 1.39 bits per heavy atom. The van der Waals surface area contributed by atoms with E-state index in [1.807, 2.05) is 44.2 Å². The Morgan fingerprint density at radius 3 is 1.75 bits per heavy atom. The largest absolute Gasteiger partial charge is 1.00 e. The molecule has 150 valence electrons. The third-order valence-electron chi connectivity index (χ3n) is 4.70. The number of halogens is 2. The fourth-order valence-electron chi connectivity index (χ4n) is 3.06. The van der Waals surface area contributed by atoms with Crippen LogP contribution in [-0.4, -0.2) is 9.92 Å². The first-order chi connectivity index (χ1) is 12.3. The second kappa shape index (κ2) is 13.9. The van der Waals surface area contributed by atoms with Gasteiger partial charge in [-0.3, -0.25) is 0 Å². The van der Waals surface area contributed by atoms with E-state index in [1.165, 1.54) is 22.3 Å². The van der Waals surface area contributed by atoms with E-state index in [9.17, 15) is 5.11 Å². The molecule has 0 aromatic heterocycles. The minimum absolute atomic E-state index is 0. The summed E-state index contributed by atoms with van der Waals surface area (Å²) < 4.78 is 0. The molecule has 0 aliphatic carbocycles. The minimum atomic E-state index is 0. The summed E-state index contributed by atoms with van der Waals surface area (Å²) in [7, 11) is 0. The Morgan fingerprint density at radius 1 is 0.857 bits per heavy atom. The first kappa shape index (κ1) is 29.0. The molecule has 28 heavy (non-hydrogen) atoms. The molecule has 0 heterocycles. The van der Waals surface area contributed by atoms with Crippen LogP contribution in [0.5, 0.6) is 5.75 Å². The topological polar surface area (TPSA) is 20.2 Å². The number of hydrogen-bond donors (Lipinski definition) is 1. The molecular formula is C24H29Cl2OTi-. The van der Waals surface area contributed by atoms with Gasteiger partial charge in [-0.05, 0) is 36.6 Å². The number of phenolic OH excluding ortho intramolecular Hbond substituents is 1. The van der Waals surface area contributed by atoms with Crippen molar-refractivity contribution in [2.24, 2.45) is 0 Å². The van der Waals surface area contributed by atoms with Crippen LogP contribution in [0.3, 0.4) is 0 Å². The molecule has 0 saturated carbocycles. The SMILES string of the molecule is Cc1c[c-](C)c(C)c1C.Cc1cc(C)c(-c2ccccc2)c(O)c1.[CH2]=[Ti+2].[Cl-].[Cl-]. The zero-order valence-corrected chi connectivity index (χ0v) is 20.6. The van der Waals surface area contributed by atoms with E-state index in [0.717, 1.165) is 22.3 Å². The fraction of sp³-hybridized carbons (Fsp3) is 0.250. The Balaban J connectivity index is 0. The third-order valence-corrected chi connectivity index (χ3v) is 4.70. The van der Waals surface area contributed by atoms with E-state index in [-0.39, 0.29) is 24.8 Å². The van der Waals surface area contributed by atoms with Gasteiger partial charge in [0, 0.05) is 5.56 Å². The Hall–Kier alpha value is -1.25. The summed E-state index contributed by atoms with van der Waals surface area (Å²) in [5, 5.41) is 9.93. The summed E-state index contributed by atoms with van der Waals surface area (Å²) in [6.07, 6.45) is 0. The first-order valence-electron chi connectivity index (χ1n) is 8.72. The zero-order valence-electron chi connectivity index (χ0n) is 17.5. The molecule has 1 N–H and O–H groups in total. The van der Waals surface area contributed by atoms with Crippen LogP contribution in [0.2, 0.25) is 0 Å². The van der Waals surface area contributed by atoms with Crippen molar-refractivity contribution in [2.45, 2.75) is 41.5 Å². The molecule has 0 unspecified atom stereocenters. The average Bonchev–Trinajstić information content (AvgIpc) is 2.83. The first-order valence-corrected chi connectivity index (χ1v) is 9.82. The van der Waals surface area contributed by atoms with Gasteiger partial charge in [0.05, 0.1) is 0 Å². The van der Waals surface area contributed by atoms with E-state index in [1.54, 1.807) is 26.0 Å². The van der Waals surface area contributed by atoms with Crippen LogP contribution >= 0.6 is 0 Å². The zero-order chi connectivity index (χ0) is 19.9. The van der Waals surface area contributed by atoms with Gasteiger partial charge in [0.1, 0.15) is 5.75 Å². The molecule has 0 aliphatic rings. The van der Waals surface area contributed by atoms with Gasteiger partial charge in [0.2, 0.25) is 0 Å². The maximum absolute atomic E-state index is 9.93. The van der Waals surface area contributed by atoms with Gasteiger partial charge >= 0.3 is 24.8 Å². The van der Waals surface area contributed by atoms with Crippen LogP contribution in [0.4, 0.5) is 0 Å². The molecule has 0 radical (unpaired) electrons.